The number of amides is 1. The molecule has 2 N–H and O–H groups in total. The van der Waals surface area contributed by atoms with Gasteiger partial charge in [0.15, 0.2) is 5.16 Å². The van der Waals surface area contributed by atoms with Gasteiger partial charge in [0.25, 0.3) is 5.56 Å². The maximum absolute atomic E-state index is 12.2. The van der Waals surface area contributed by atoms with Crippen LogP contribution in [0.15, 0.2) is 34.2 Å². The Labute approximate surface area is 152 Å². The van der Waals surface area contributed by atoms with Crippen LogP contribution in [0.1, 0.15) is 10.4 Å². The number of thioether (sulfide) groups is 1. The number of aromatic amines is 1. The standard InChI is InChI=1S/C17H17N3O3S2/c1-9-4-5-13(23-3)12(6-9)18-14(21)8-24-17-19-15(22)11-7-10(2)25-16(11)20-17/h4-7H,8H2,1-3H3,(H,18,21)(H,19,20,22). The van der Waals surface area contributed by atoms with Crippen molar-refractivity contribution in [1.29, 1.82) is 0 Å². The first-order chi connectivity index (χ1) is 12.0. The molecule has 0 saturated carbocycles. The zero-order chi connectivity index (χ0) is 18.0. The van der Waals surface area contributed by atoms with E-state index in [2.05, 4.69) is 15.3 Å². The summed E-state index contributed by atoms with van der Waals surface area (Å²) in [5.41, 5.74) is 1.46. The number of aromatic nitrogens is 2. The van der Waals surface area contributed by atoms with E-state index in [1.54, 1.807) is 7.11 Å². The van der Waals surface area contributed by atoms with Gasteiger partial charge in [0.1, 0.15) is 10.6 Å². The van der Waals surface area contributed by atoms with Gasteiger partial charge in [0, 0.05) is 4.88 Å². The van der Waals surface area contributed by atoms with Gasteiger partial charge >= 0.3 is 0 Å². The van der Waals surface area contributed by atoms with Gasteiger partial charge in [-0.2, -0.15) is 0 Å². The SMILES string of the molecule is COc1ccc(C)cc1NC(=O)CSc1nc2sc(C)cc2c(=O)[nH]1. The minimum Gasteiger partial charge on any atom is -0.495 e. The van der Waals surface area contributed by atoms with Crippen LogP contribution < -0.4 is 15.6 Å². The van der Waals surface area contributed by atoms with Crippen LogP contribution in [0.3, 0.4) is 0 Å². The molecule has 6 nitrogen and oxygen atoms in total. The van der Waals surface area contributed by atoms with Gasteiger partial charge in [-0.25, -0.2) is 4.98 Å². The fourth-order valence-electron chi connectivity index (χ4n) is 2.34. The summed E-state index contributed by atoms with van der Waals surface area (Å²) in [7, 11) is 1.56. The summed E-state index contributed by atoms with van der Waals surface area (Å²) in [5, 5.41) is 3.85. The first-order valence-electron chi connectivity index (χ1n) is 7.54. The highest BCUT2D eigenvalue weighted by molar-refractivity contribution is 7.99. The van der Waals surface area contributed by atoms with Crippen LogP contribution in [-0.4, -0.2) is 28.7 Å². The Morgan fingerprint density at radius 2 is 2.16 bits per heavy atom. The molecule has 8 heteroatoms. The first kappa shape index (κ1) is 17.5. The fourth-order valence-corrected chi connectivity index (χ4v) is 3.94. The number of methoxy groups -OCH3 is 1. The lowest BCUT2D eigenvalue weighted by atomic mass is 10.2. The highest BCUT2D eigenvalue weighted by Crippen LogP contribution is 2.26. The van der Waals surface area contributed by atoms with Crippen molar-refractivity contribution < 1.29 is 9.53 Å². The second-order valence-electron chi connectivity index (χ2n) is 5.49. The summed E-state index contributed by atoms with van der Waals surface area (Å²) in [6, 6.07) is 7.39. The average Bonchev–Trinajstić information content (AvgIpc) is 2.94. The average molecular weight is 375 g/mol. The summed E-state index contributed by atoms with van der Waals surface area (Å²) in [6.07, 6.45) is 0. The number of aryl methyl sites for hydroxylation is 2. The molecule has 0 spiro atoms. The van der Waals surface area contributed by atoms with Gasteiger partial charge in [-0.15, -0.1) is 11.3 Å². The molecule has 2 heterocycles. The topological polar surface area (TPSA) is 84.1 Å². The van der Waals surface area contributed by atoms with Crippen LogP contribution >= 0.6 is 23.1 Å². The van der Waals surface area contributed by atoms with Crippen molar-refractivity contribution in [2.45, 2.75) is 19.0 Å². The molecule has 130 valence electrons. The molecule has 0 radical (unpaired) electrons. The minimum atomic E-state index is -0.195. The Hall–Kier alpha value is -2.32. The predicted molar refractivity (Wildman–Crippen MR) is 102 cm³/mol. The molecule has 0 bridgehead atoms. The molecule has 0 aliphatic heterocycles. The van der Waals surface area contributed by atoms with E-state index in [9.17, 15) is 9.59 Å². The zero-order valence-corrected chi connectivity index (χ0v) is 15.6. The van der Waals surface area contributed by atoms with Gasteiger partial charge in [-0.1, -0.05) is 17.8 Å². The molecule has 0 unspecified atom stereocenters. The van der Waals surface area contributed by atoms with Crippen LogP contribution in [0.2, 0.25) is 0 Å². The maximum atomic E-state index is 12.2. The zero-order valence-electron chi connectivity index (χ0n) is 14.0. The number of hydrogen-bond acceptors (Lipinski definition) is 6. The molecule has 0 aliphatic rings. The van der Waals surface area contributed by atoms with E-state index in [1.807, 2.05) is 38.1 Å². The van der Waals surface area contributed by atoms with Gasteiger partial charge in [-0.05, 0) is 37.6 Å². The second-order valence-corrected chi connectivity index (χ2v) is 7.69. The van der Waals surface area contributed by atoms with E-state index in [0.717, 1.165) is 10.4 Å². The Morgan fingerprint density at radius 3 is 2.92 bits per heavy atom. The maximum Gasteiger partial charge on any atom is 0.260 e. The number of ether oxygens (including phenoxy) is 1. The monoisotopic (exact) mass is 375 g/mol. The molecule has 0 atom stereocenters. The lowest BCUT2D eigenvalue weighted by molar-refractivity contribution is -0.113. The van der Waals surface area contributed by atoms with E-state index in [-0.39, 0.29) is 17.2 Å². The Balaban J connectivity index is 1.70. The van der Waals surface area contributed by atoms with Crippen molar-refractivity contribution in [3.63, 3.8) is 0 Å². The third-order valence-corrected chi connectivity index (χ3v) is 5.29. The summed E-state index contributed by atoms with van der Waals surface area (Å²) in [5.74, 6) is 0.542. The lowest BCUT2D eigenvalue weighted by Gasteiger charge is -2.10. The van der Waals surface area contributed by atoms with Gasteiger partial charge < -0.3 is 15.0 Å². The quantitative estimate of drug-likeness (QED) is 0.528. The van der Waals surface area contributed by atoms with E-state index >= 15 is 0 Å². The smallest absolute Gasteiger partial charge is 0.260 e. The number of rotatable bonds is 5. The molecule has 0 aliphatic carbocycles. The van der Waals surface area contributed by atoms with Crippen LogP contribution in [-0.2, 0) is 4.79 Å². The van der Waals surface area contributed by atoms with Crippen molar-refractivity contribution in [3.8, 4) is 5.75 Å². The normalized spacial score (nSPS) is 10.8. The Morgan fingerprint density at radius 1 is 1.36 bits per heavy atom. The van der Waals surface area contributed by atoms with Crippen molar-refractivity contribution >= 4 is 44.9 Å². The number of anilines is 1. The summed E-state index contributed by atoms with van der Waals surface area (Å²) in [6.45, 7) is 3.87. The van der Waals surface area contributed by atoms with Crippen molar-refractivity contribution in [3.05, 3.63) is 45.1 Å². The van der Waals surface area contributed by atoms with Crippen molar-refractivity contribution in [1.82, 2.24) is 9.97 Å². The molecular formula is C17H17N3O3S2. The Bertz CT molecular complexity index is 994. The van der Waals surface area contributed by atoms with Gasteiger partial charge in [-0.3, -0.25) is 9.59 Å². The number of hydrogen-bond donors (Lipinski definition) is 2. The van der Waals surface area contributed by atoms with Crippen molar-refractivity contribution in [2.24, 2.45) is 0 Å². The number of benzene rings is 1. The number of nitrogens with one attached hydrogen (secondary N) is 2. The van der Waals surface area contributed by atoms with Crippen LogP contribution in [0.4, 0.5) is 5.69 Å². The Kier molecular flexibility index (Phi) is 5.10. The molecule has 3 aromatic rings. The molecule has 3 rings (SSSR count). The highest BCUT2D eigenvalue weighted by atomic mass is 32.2. The minimum absolute atomic E-state index is 0.135. The first-order valence-corrected chi connectivity index (χ1v) is 9.34. The van der Waals surface area contributed by atoms with Gasteiger partial charge in [0.2, 0.25) is 5.91 Å². The third kappa shape index (κ3) is 4.02. The summed E-state index contributed by atoms with van der Waals surface area (Å²) in [4.78, 5) is 33.1. The fraction of sp³-hybridized carbons (Fsp3) is 0.235. The predicted octanol–water partition coefficient (Wildman–Crippen LogP) is 3.34. The molecule has 1 amide bonds. The largest absolute Gasteiger partial charge is 0.495 e. The molecule has 2 aromatic heterocycles. The molecule has 25 heavy (non-hydrogen) atoms. The molecular weight excluding hydrogens is 358 g/mol. The molecule has 1 aromatic carbocycles. The summed E-state index contributed by atoms with van der Waals surface area (Å²) < 4.78 is 5.25. The number of nitrogens with zero attached hydrogens (tertiary/aromatic N) is 1. The highest BCUT2D eigenvalue weighted by Gasteiger charge is 2.11. The summed E-state index contributed by atoms with van der Waals surface area (Å²) >= 11 is 2.65. The van der Waals surface area contributed by atoms with E-state index in [4.69, 9.17) is 4.74 Å². The number of fused-ring (bicyclic) bond motifs is 1. The molecule has 0 fully saturated rings. The number of thiophene rings is 1. The van der Waals surface area contributed by atoms with E-state index < -0.39 is 0 Å². The van der Waals surface area contributed by atoms with Gasteiger partial charge in [0.05, 0.1) is 23.9 Å². The van der Waals surface area contributed by atoms with Crippen LogP contribution in [0, 0.1) is 13.8 Å². The van der Waals surface area contributed by atoms with Crippen molar-refractivity contribution in [2.75, 3.05) is 18.2 Å². The van der Waals surface area contributed by atoms with E-state index in [0.29, 0.717) is 26.8 Å². The lowest BCUT2D eigenvalue weighted by Crippen LogP contribution is -2.16. The van der Waals surface area contributed by atoms with Crippen LogP contribution in [0.5, 0.6) is 5.75 Å². The molecule has 0 saturated heterocycles. The number of carbonyl (C=O) groups is 1. The van der Waals surface area contributed by atoms with Crippen LogP contribution in [0.25, 0.3) is 10.2 Å². The number of H-pyrrole nitrogens is 1. The number of carbonyl (C=O) groups excluding carboxylic acids is 1. The third-order valence-electron chi connectivity index (χ3n) is 3.47. The second kappa shape index (κ2) is 7.28. The van der Waals surface area contributed by atoms with E-state index in [1.165, 1.54) is 23.1 Å².